The Bertz CT molecular complexity index is 1000. The summed E-state index contributed by atoms with van der Waals surface area (Å²) < 4.78 is 11.6. The van der Waals surface area contributed by atoms with Gasteiger partial charge >= 0.3 is 0 Å². The summed E-state index contributed by atoms with van der Waals surface area (Å²) >= 11 is 13.3. The third kappa shape index (κ3) is 5.56. The van der Waals surface area contributed by atoms with Crippen molar-refractivity contribution in [3.8, 4) is 11.5 Å². The molecule has 0 radical (unpaired) electrons. The summed E-state index contributed by atoms with van der Waals surface area (Å²) in [6.07, 6.45) is 2.60. The minimum absolute atomic E-state index is 0.0202. The van der Waals surface area contributed by atoms with Gasteiger partial charge in [-0.15, -0.1) is 0 Å². The lowest BCUT2D eigenvalue weighted by molar-refractivity contribution is -0.123. The van der Waals surface area contributed by atoms with Crippen LogP contribution in [0.4, 0.5) is 4.79 Å². The second-order valence-corrected chi connectivity index (χ2v) is 8.75. The number of hydrogen-bond acceptors (Lipinski definition) is 5. The Morgan fingerprint density at radius 2 is 1.81 bits per heavy atom. The van der Waals surface area contributed by atoms with Gasteiger partial charge in [-0.25, -0.2) is 0 Å². The molecule has 31 heavy (non-hydrogen) atoms. The molecule has 0 bridgehead atoms. The molecule has 1 heterocycles. The number of imide groups is 1. The van der Waals surface area contributed by atoms with Crippen LogP contribution in [0.5, 0.6) is 11.5 Å². The molecule has 0 N–H and O–H groups in total. The highest BCUT2D eigenvalue weighted by Crippen LogP contribution is 2.37. The Morgan fingerprint density at radius 3 is 2.45 bits per heavy atom. The molecule has 3 rings (SSSR count). The third-order valence-electron chi connectivity index (χ3n) is 4.72. The maximum absolute atomic E-state index is 12.9. The molecule has 0 spiro atoms. The van der Waals surface area contributed by atoms with Crippen LogP contribution in [0.2, 0.25) is 10.0 Å². The Kier molecular flexibility index (Phi) is 7.92. The van der Waals surface area contributed by atoms with Crippen molar-refractivity contribution in [1.29, 1.82) is 0 Å². The molecule has 1 atom stereocenters. The summed E-state index contributed by atoms with van der Waals surface area (Å²) in [5, 5.41) is 0.455. The van der Waals surface area contributed by atoms with Crippen molar-refractivity contribution in [2.75, 3.05) is 6.61 Å². The lowest BCUT2D eigenvalue weighted by atomic mass is 10.1. The molecule has 2 amide bonds. The zero-order valence-corrected chi connectivity index (χ0v) is 19.8. The average Bonchev–Trinajstić information content (AvgIpc) is 2.99. The predicted molar refractivity (Wildman–Crippen MR) is 126 cm³/mol. The van der Waals surface area contributed by atoms with E-state index in [4.69, 9.17) is 32.7 Å². The van der Waals surface area contributed by atoms with Gasteiger partial charge in [0.2, 0.25) is 0 Å². The highest BCUT2D eigenvalue weighted by atomic mass is 35.5. The number of thioether (sulfide) groups is 1. The van der Waals surface area contributed by atoms with E-state index in [2.05, 4.69) is 0 Å². The highest BCUT2D eigenvalue weighted by molar-refractivity contribution is 8.18. The van der Waals surface area contributed by atoms with Crippen LogP contribution in [-0.4, -0.2) is 28.8 Å². The molecule has 2 aromatic carbocycles. The first kappa shape index (κ1) is 23.5. The van der Waals surface area contributed by atoms with Gasteiger partial charge in [-0.05, 0) is 67.9 Å². The van der Waals surface area contributed by atoms with Gasteiger partial charge < -0.3 is 9.47 Å². The number of carbonyl (C=O) groups excluding carboxylic acids is 2. The van der Waals surface area contributed by atoms with Gasteiger partial charge in [0.25, 0.3) is 11.1 Å². The number of hydrogen-bond donors (Lipinski definition) is 0. The van der Waals surface area contributed by atoms with E-state index in [1.165, 1.54) is 0 Å². The van der Waals surface area contributed by atoms with Crippen molar-refractivity contribution in [3.63, 3.8) is 0 Å². The topological polar surface area (TPSA) is 55.8 Å². The van der Waals surface area contributed by atoms with E-state index in [1.54, 1.807) is 30.3 Å². The number of rotatable bonds is 8. The Morgan fingerprint density at radius 1 is 1.10 bits per heavy atom. The largest absolute Gasteiger partial charge is 0.490 e. The second kappa shape index (κ2) is 10.4. The monoisotopic (exact) mass is 479 g/mol. The minimum Gasteiger partial charge on any atom is -0.490 e. The molecule has 0 saturated carbocycles. The molecule has 2 aromatic rings. The predicted octanol–water partition coefficient (Wildman–Crippen LogP) is 6.81. The summed E-state index contributed by atoms with van der Waals surface area (Å²) in [4.78, 5) is 26.8. The number of carbonyl (C=O) groups is 2. The van der Waals surface area contributed by atoms with Gasteiger partial charge in [-0.1, -0.05) is 42.3 Å². The van der Waals surface area contributed by atoms with Gasteiger partial charge in [-0.3, -0.25) is 14.5 Å². The molecule has 164 valence electrons. The minimum atomic E-state index is -0.385. The van der Waals surface area contributed by atoms with E-state index in [1.807, 2.05) is 32.9 Å². The van der Waals surface area contributed by atoms with Crippen LogP contribution in [0.1, 0.15) is 38.3 Å². The number of nitrogens with zero attached hydrogens (tertiary/aromatic N) is 1. The van der Waals surface area contributed by atoms with Crippen LogP contribution < -0.4 is 9.47 Å². The Hall–Kier alpha value is -2.15. The van der Waals surface area contributed by atoms with Gasteiger partial charge in [0.1, 0.15) is 0 Å². The summed E-state index contributed by atoms with van der Waals surface area (Å²) in [7, 11) is 0. The van der Waals surface area contributed by atoms with Crippen LogP contribution in [0.3, 0.4) is 0 Å². The van der Waals surface area contributed by atoms with E-state index < -0.39 is 0 Å². The molecule has 0 aromatic heterocycles. The lowest BCUT2D eigenvalue weighted by Gasteiger charge is -2.16. The third-order valence-corrected chi connectivity index (χ3v) is 6.34. The SMILES string of the molecule is CCOc1cc(/C=C2\SC(=O)N(Cc3c(Cl)cccc3Cl)C2=O)ccc1O[C@H](C)CC. The van der Waals surface area contributed by atoms with Crippen molar-refractivity contribution in [3.05, 3.63) is 62.5 Å². The number of amides is 2. The smallest absolute Gasteiger partial charge is 0.293 e. The molecule has 1 fully saturated rings. The number of benzene rings is 2. The van der Waals surface area contributed by atoms with Crippen LogP contribution >= 0.6 is 35.0 Å². The molecule has 1 saturated heterocycles. The van der Waals surface area contributed by atoms with E-state index in [0.717, 1.165) is 28.6 Å². The number of halogens is 2. The fourth-order valence-corrected chi connectivity index (χ4v) is 4.26. The standard InChI is InChI=1S/C23H23Cl2NO4S/c1-4-14(3)30-19-10-9-15(11-20(19)29-5-2)12-21-22(27)26(23(28)31-21)13-16-17(24)7-6-8-18(16)25/h6-12,14H,4-5,13H2,1-3H3/b21-12-/t14-/m1/s1. The van der Waals surface area contributed by atoms with Gasteiger partial charge in [0.15, 0.2) is 11.5 Å². The zero-order chi connectivity index (χ0) is 22.5. The zero-order valence-electron chi connectivity index (χ0n) is 17.5. The Balaban J connectivity index is 1.84. The molecule has 0 unspecified atom stereocenters. The van der Waals surface area contributed by atoms with Crippen molar-refractivity contribution in [2.24, 2.45) is 0 Å². The molecule has 1 aliphatic heterocycles. The van der Waals surface area contributed by atoms with Crippen LogP contribution in [0, 0.1) is 0 Å². The fourth-order valence-electron chi connectivity index (χ4n) is 2.91. The molecule has 1 aliphatic rings. The molecule has 0 aliphatic carbocycles. The lowest BCUT2D eigenvalue weighted by Crippen LogP contribution is -2.27. The summed E-state index contributed by atoms with van der Waals surface area (Å²) in [5.74, 6) is 0.859. The first-order valence-electron chi connectivity index (χ1n) is 9.95. The van der Waals surface area contributed by atoms with E-state index in [9.17, 15) is 9.59 Å². The summed E-state index contributed by atoms with van der Waals surface area (Å²) in [6.45, 7) is 6.43. The van der Waals surface area contributed by atoms with E-state index in [-0.39, 0.29) is 23.8 Å². The molecular weight excluding hydrogens is 457 g/mol. The summed E-state index contributed by atoms with van der Waals surface area (Å²) in [5.41, 5.74) is 1.28. The molecular formula is C23H23Cl2NO4S. The van der Waals surface area contributed by atoms with Gasteiger partial charge in [0, 0.05) is 15.6 Å². The summed E-state index contributed by atoms with van der Waals surface area (Å²) in [6, 6.07) is 10.5. The second-order valence-electron chi connectivity index (χ2n) is 6.94. The van der Waals surface area contributed by atoms with Gasteiger partial charge in [-0.2, -0.15) is 0 Å². The quantitative estimate of drug-likeness (QED) is 0.389. The highest BCUT2D eigenvalue weighted by Gasteiger charge is 2.35. The fraction of sp³-hybridized carbons (Fsp3) is 0.304. The van der Waals surface area contributed by atoms with Crippen molar-refractivity contribution < 1.29 is 19.1 Å². The van der Waals surface area contributed by atoms with Crippen LogP contribution in [0.15, 0.2) is 41.3 Å². The normalized spacial score (nSPS) is 16.2. The van der Waals surface area contributed by atoms with Crippen molar-refractivity contribution in [1.82, 2.24) is 4.90 Å². The van der Waals surface area contributed by atoms with E-state index >= 15 is 0 Å². The van der Waals surface area contributed by atoms with Crippen molar-refractivity contribution >= 4 is 52.2 Å². The first-order valence-corrected chi connectivity index (χ1v) is 11.5. The number of ether oxygens (including phenoxy) is 2. The molecule has 8 heteroatoms. The molecule has 5 nitrogen and oxygen atoms in total. The average molecular weight is 480 g/mol. The van der Waals surface area contributed by atoms with E-state index in [0.29, 0.717) is 38.6 Å². The maximum Gasteiger partial charge on any atom is 0.293 e. The Labute approximate surface area is 196 Å². The van der Waals surface area contributed by atoms with Crippen molar-refractivity contribution in [2.45, 2.75) is 39.8 Å². The van der Waals surface area contributed by atoms with Gasteiger partial charge in [0.05, 0.1) is 24.2 Å². The first-order chi connectivity index (χ1) is 14.8. The maximum atomic E-state index is 12.9. The van der Waals surface area contributed by atoms with Crippen LogP contribution in [-0.2, 0) is 11.3 Å². The van der Waals surface area contributed by atoms with Crippen LogP contribution in [0.25, 0.3) is 6.08 Å².